The molecule has 0 aliphatic carbocycles. The van der Waals surface area contributed by atoms with Gasteiger partial charge in [0.1, 0.15) is 0 Å². The number of benzene rings is 1. The Bertz CT molecular complexity index is 646. The van der Waals surface area contributed by atoms with Gasteiger partial charge in [0.2, 0.25) is 11.5 Å². The molecule has 0 bridgehead atoms. The SMILES string of the molecule is Cc1ccc(CN(C)C(=O)/C=C2/OC(C)(C)OC2=O)cc1C. The number of cyclic esters (lactones) is 1. The minimum Gasteiger partial charge on any atom is -0.445 e. The third-order valence-corrected chi connectivity index (χ3v) is 3.52. The van der Waals surface area contributed by atoms with Crippen molar-refractivity contribution in [2.75, 3.05) is 7.05 Å². The van der Waals surface area contributed by atoms with E-state index < -0.39 is 11.8 Å². The maximum Gasteiger partial charge on any atom is 0.377 e. The van der Waals surface area contributed by atoms with Gasteiger partial charge in [-0.05, 0) is 30.5 Å². The Morgan fingerprint density at radius 3 is 2.45 bits per heavy atom. The van der Waals surface area contributed by atoms with E-state index in [1.54, 1.807) is 20.9 Å². The van der Waals surface area contributed by atoms with E-state index in [0.29, 0.717) is 6.54 Å². The van der Waals surface area contributed by atoms with Gasteiger partial charge in [0.05, 0.1) is 6.08 Å². The Labute approximate surface area is 130 Å². The Morgan fingerprint density at radius 2 is 1.91 bits per heavy atom. The van der Waals surface area contributed by atoms with Crippen LogP contribution in [0.4, 0.5) is 0 Å². The van der Waals surface area contributed by atoms with Gasteiger partial charge in [-0.25, -0.2) is 4.79 Å². The van der Waals surface area contributed by atoms with Crippen LogP contribution in [0.1, 0.15) is 30.5 Å². The molecule has 118 valence electrons. The molecule has 1 aromatic rings. The minimum atomic E-state index is -1.02. The number of likely N-dealkylation sites (N-methyl/N-ethyl adjacent to an activating group) is 1. The van der Waals surface area contributed by atoms with Crippen molar-refractivity contribution in [3.8, 4) is 0 Å². The molecule has 0 aromatic heterocycles. The van der Waals surface area contributed by atoms with Crippen molar-refractivity contribution < 1.29 is 19.1 Å². The fourth-order valence-electron chi connectivity index (χ4n) is 2.17. The van der Waals surface area contributed by atoms with E-state index in [0.717, 1.165) is 5.56 Å². The number of amides is 1. The van der Waals surface area contributed by atoms with E-state index in [2.05, 4.69) is 6.07 Å². The minimum absolute atomic E-state index is 0.0538. The second-order valence-corrected chi connectivity index (χ2v) is 6.01. The molecule has 0 atom stereocenters. The van der Waals surface area contributed by atoms with E-state index in [4.69, 9.17) is 9.47 Å². The third kappa shape index (κ3) is 3.67. The highest BCUT2D eigenvalue weighted by atomic mass is 16.8. The summed E-state index contributed by atoms with van der Waals surface area (Å²) in [6.07, 6.45) is 1.18. The number of aryl methyl sites for hydroxylation is 2. The van der Waals surface area contributed by atoms with Crippen molar-refractivity contribution in [3.05, 3.63) is 46.7 Å². The van der Waals surface area contributed by atoms with Crippen LogP contribution < -0.4 is 0 Å². The van der Waals surface area contributed by atoms with Gasteiger partial charge < -0.3 is 14.4 Å². The van der Waals surface area contributed by atoms with Crippen molar-refractivity contribution >= 4 is 11.9 Å². The summed E-state index contributed by atoms with van der Waals surface area (Å²) in [6, 6.07) is 6.07. The Kier molecular flexibility index (Phi) is 4.26. The highest BCUT2D eigenvalue weighted by Crippen LogP contribution is 2.26. The summed E-state index contributed by atoms with van der Waals surface area (Å²) in [7, 11) is 1.68. The van der Waals surface area contributed by atoms with Gasteiger partial charge in [0.25, 0.3) is 5.91 Å². The van der Waals surface area contributed by atoms with Crippen LogP contribution in [0.2, 0.25) is 0 Å². The number of esters is 1. The maximum absolute atomic E-state index is 12.2. The van der Waals surface area contributed by atoms with E-state index in [1.165, 1.54) is 22.1 Å². The lowest BCUT2D eigenvalue weighted by Gasteiger charge is -2.16. The zero-order valence-electron chi connectivity index (χ0n) is 13.6. The molecule has 0 unspecified atom stereocenters. The quantitative estimate of drug-likeness (QED) is 0.636. The number of carbonyl (C=O) groups excluding carboxylic acids is 2. The number of ether oxygens (including phenoxy) is 2. The molecular formula is C17H21NO4. The van der Waals surface area contributed by atoms with Crippen LogP contribution in [0.3, 0.4) is 0 Å². The third-order valence-electron chi connectivity index (χ3n) is 3.52. The van der Waals surface area contributed by atoms with E-state index >= 15 is 0 Å². The van der Waals surface area contributed by atoms with Crippen molar-refractivity contribution in [2.24, 2.45) is 0 Å². The fourth-order valence-corrected chi connectivity index (χ4v) is 2.17. The van der Waals surface area contributed by atoms with Crippen LogP contribution in [-0.2, 0) is 25.6 Å². The smallest absolute Gasteiger partial charge is 0.377 e. The summed E-state index contributed by atoms with van der Waals surface area (Å²) < 4.78 is 10.3. The highest BCUT2D eigenvalue weighted by Gasteiger charge is 2.37. The fraction of sp³-hybridized carbons (Fsp3) is 0.412. The monoisotopic (exact) mass is 303 g/mol. The van der Waals surface area contributed by atoms with Gasteiger partial charge in [-0.1, -0.05) is 18.2 Å². The van der Waals surface area contributed by atoms with Gasteiger partial charge in [0, 0.05) is 27.4 Å². The van der Waals surface area contributed by atoms with Gasteiger partial charge in [0.15, 0.2) is 0 Å². The number of hydrogen-bond acceptors (Lipinski definition) is 4. The number of carbonyl (C=O) groups is 2. The molecule has 0 spiro atoms. The van der Waals surface area contributed by atoms with E-state index in [9.17, 15) is 9.59 Å². The summed E-state index contributed by atoms with van der Waals surface area (Å²) >= 11 is 0. The molecule has 5 heteroatoms. The van der Waals surface area contributed by atoms with Crippen LogP contribution in [-0.4, -0.2) is 29.6 Å². The van der Waals surface area contributed by atoms with Crippen molar-refractivity contribution in [3.63, 3.8) is 0 Å². The molecule has 1 fully saturated rings. The molecule has 0 N–H and O–H groups in total. The summed E-state index contributed by atoms with van der Waals surface area (Å²) in [5.41, 5.74) is 3.43. The summed E-state index contributed by atoms with van der Waals surface area (Å²) in [5.74, 6) is -1.99. The van der Waals surface area contributed by atoms with Gasteiger partial charge in [-0.3, -0.25) is 4.79 Å². The number of hydrogen-bond donors (Lipinski definition) is 0. The first-order valence-electron chi connectivity index (χ1n) is 7.13. The predicted molar refractivity (Wildman–Crippen MR) is 81.7 cm³/mol. The van der Waals surface area contributed by atoms with Crippen molar-refractivity contribution in [1.29, 1.82) is 0 Å². The largest absolute Gasteiger partial charge is 0.445 e. The molecule has 5 nitrogen and oxygen atoms in total. The number of rotatable bonds is 3. The molecule has 0 saturated carbocycles. The Balaban J connectivity index is 2.06. The zero-order chi connectivity index (χ0) is 16.5. The average Bonchev–Trinajstić information content (AvgIpc) is 2.66. The van der Waals surface area contributed by atoms with Crippen LogP contribution >= 0.6 is 0 Å². The normalized spacial score (nSPS) is 18.0. The first-order chi connectivity index (χ1) is 10.2. The van der Waals surface area contributed by atoms with Gasteiger partial charge >= 0.3 is 5.97 Å². The zero-order valence-corrected chi connectivity index (χ0v) is 13.6. The van der Waals surface area contributed by atoms with Crippen molar-refractivity contribution in [2.45, 2.75) is 40.0 Å². The van der Waals surface area contributed by atoms with Crippen LogP contribution in [0, 0.1) is 13.8 Å². The van der Waals surface area contributed by atoms with Crippen LogP contribution in [0.15, 0.2) is 30.0 Å². The first-order valence-corrected chi connectivity index (χ1v) is 7.13. The molecule has 1 aliphatic heterocycles. The molecule has 1 aromatic carbocycles. The molecule has 1 aliphatic rings. The summed E-state index contributed by atoms with van der Waals surface area (Å²) in [6.45, 7) is 7.78. The Hall–Kier alpha value is -2.30. The van der Waals surface area contributed by atoms with E-state index in [1.807, 2.05) is 26.0 Å². The second kappa shape index (κ2) is 5.83. The highest BCUT2D eigenvalue weighted by molar-refractivity contribution is 5.97. The topological polar surface area (TPSA) is 55.8 Å². The lowest BCUT2D eigenvalue weighted by molar-refractivity contribution is -0.159. The molecular weight excluding hydrogens is 282 g/mol. The van der Waals surface area contributed by atoms with E-state index in [-0.39, 0.29) is 11.7 Å². The average molecular weight is 303 g/mol. The van der Waals surface area contributed by atoms with Gasteiger partial charge in [-0.15, -0.1) is 0 Å². The predicted octanol–water partition coefficient (Wildman–Crippen LogP) is 2.46. The molecule has 1 heterocycles. The standard InChI is InChI=1S/C17H21NO4/c1-11-6-7-13(8-12(11)2)10-18(5)15(19)9-14-16(20)22-17(3,4)21-14/h6-9H,10H2,1-5H3/b14-9+. The van der Waals surface area contributed by atoms with Gasteiger partial charge in [-0.2, -0.15) is 0 Å². The summed E-state index contributed by atoms with van der Waals surface area (Å²) in [4.78, 5) is 25.3. The molecule has 0 radical (unpaired) electrons. The first kappa shape index (κ1) is 16.1. The van der Waals surface area contributed by atoms with Crippen LogP contribution in [0.25, 0.3) is 0 Å². The summed E-state index contributed by atoms with van der Waals surface area (Å²) in [5, 5.41) is 0. The Morgan fingerprint density at radius 1 is 1.23 bits per heavy atom. The molecule has 1 saturated heterocycles. The second-order valence-electron chi connectivity index (χ2n) is 6.01. The number of nitrogens with zero attached hydrogens (tertiary/aromatic N) is 1. The lowest BCUT2D eigenvalue weighted by Crippen LogP contribution is -2.25. The lowest BCUT2D eigenvalue weighted by atomic mass is 10.1. The molecule has 1 amide bonds. The molecule has 22 heavy (non-hydrogen) atoms. The maximum atomic E-state index is 12.2. The van der Waals surface area contributed by atoms with Crippen molar-refractivity contribution in [1.82, 2.24) is 4.90 Å². The van der Waals surface area contributed by atoms with Crippen LogP contribution in [0.5, 0.6) is 0 Å². The molecule has 2 rings (SSSR count).